The highest BCUT2D eigenvalue weighted by Crippen LogP contribution is 2.21. The maximum Gasteiger partial charge on any atom is 0.234 e. The van der Waals surface area contributed by atoms with E-state index in [4.69, 9.17) is 11.6 Å². The first-order valence-electron chi connectivity index (χ1n) is 7.54. The second-order valence-corrected chi connectivity index (χ2v) is 7.02. The Kier molecular flexibility index (Phi) is 5.19. The van der Waals surface area contributed by atoms with Crippen molar-refractivity contribution in [3.05, 3.63) is 47.0 Å². The topological polar surface area (TPSA) is 72.2 Å². The summed E-state index contributed by atoms with van der Waals surface area (Å²) in [5.74, 6) is 0.355. The number of nitrogens with one attached hydrogen (secondary N) is 1. The smallest absolute Gasteiger partial charge is 0.234 e. The number of anilines is 1. The molecule has 0 unspecified atom stereocenters. The molecule has 3 rings (SSSR count). The number of aromatic nitrogens is 4. The maximum absolute atomic E-state index is 13.1. The maximum atomic E-state index is 13.1. The number of benzene rings is 1. The Balaban J connectivity index is 1.66. The van der Waals surface area contributed by atoms with Crippen molar-refractivity contribution in [3.63, 3.8) is 0 Å². The van der Waals surface area contributed by atoms with E-state index < -0.39 is 5.82 Å². The molecular formula is C16H15ClFN5OS. The molecule has 1 aromatic carbocycles. The Hall–Kier alpha value is -2.19. The number of nitrogens with zero attached hydrogens (tertiary/aromatic N) is 4. The number of hydrogen-bond acceptors (Lipinski definition) is 5. The van der Waals surface area contributed by atoms with Gasteiger partial charge in [0.1, 0.15) is 10.8 Å². The van der Waals surface area contributed by atoms with Gasteiger partial charge in [-0.15, -0.1) is 10.2 Å². The number of hydrogen-bond donors (Lipinski definition) is 1. The van der Waals surface area contributed by atoms with Gasteiger partial charge < -0.3 is 5.32 Å². The lowest BCUT2D eigenvalue weighted by atomic mass is 10.2. The number of amides is 1. The molecule has 0 fully saturated rings. The third-order valence-electron chi connectivity index (χ3n) is 3.33. The highest BCUT2D eigenvalue weighted by atomic mass is 35.5. The summed E-state index contributed by atoms with van der Waals surface area (Å²) in [6.45, 7) is 4.03. The van der Waals surface area contributed by atoms with Crippen LogP contribution in [-0.2, 0) is 4.79 Å². The number of carbonyl (C=O) groups excluding carboxylic acids is 1. The first-order chi connectivity index (χ1) is 11.9. The Morgan fingerprint density at radius 2 is 2.12 bits per heavy atom. The number of fused-ring (bicyclic) bond motifs is 1. The molecule has 0 atom stereocenters. The van der Waals surface area contributed by atoms with Crippen LogP contribution >= 0.6 is 23.4 Å². The van der Waals surface area contributed by atoms with E-state index in [1.54, 1.807) is 10.6 Å². The normalized spacial score (nSPS) is 11.2. The molecule has 25 heavy (non-hydrogen) atoms. The molecule has 0 aliphatic carbocycles. The summed E-state index contributed by atoms with van der Waals surface area (Å²) < 4.78 is 14.8. The van der Waals surface area contributed by atoms with E-state index in [1.807, 2.05) is 19.9 Å². The van der Waals surface area contributed by atoms with Crippen LogP contribution < -0.4 is 5.32 Å². The molecule has 130 valence electrons. The molecule has 1 N–H and O–H groups in total. The van der Waals surface area contributed by atoms with Crippen LogP contribution in [0.2, 0.25) is 5.02 Å². The van der Waals surface area contributed by atoms with E-state index in [-0.39, 0.29) is 22.6 Å². The van der Waals surface area contributed by atoms with Gasteiger partial charge in [0, 0.05) is 11.6 Å². The van der Waals surface area contributed by atoms with Crippen LogP contribution in [0.1, 0.15) is 25.6 Å². The molecule has 1 amide bonds. The molecule has 6 nitrogen and oxygen atoms in total. The monoisotopic (exact) mass is 379 g/mol. The highest BCUT2D eigenvalue weighted by Gasteiger charge is 2.12. The Bertz CT molecular complexity index is 930. The van der Waals surface area contributed by atoms with Crippen LogP contribution in [0.15, 0.2) is 35.4 Å². The molecule has 0 saturated carbocycles. The van der Waals surface area contributed by atoms with Gasteiger partial charge in [0.15, 0.2) is 11.5 Å². The van der Waals surface area contributed by atoms with Crippen LogP contribution in [0, 0.1) is 5.82 Å². The number of thioether (sulfide) groups is 1. The van der Waals surface area contributed by atoms with Crippen LogP contribution in [0.4, 0.5) is 10.1 Å². The third kappa shape index (κ3) is 4.08. The molecule has 0 radical (unpaired) electrons. The van der Waals surface area contributed by atoms with E-state index in [0.29, 0.717) is 16.4 Å². The molecule has 0 aliphatic heterocycles. The highest BCUT2D eigenvalue weighted by molar-refractivity contribution is 7.99. The fourth-order valence-electron chi connectivity index (χ4n) is 2.14. The standard InChI is InChI=1S/C16H15ClFN5OS/c1-9(2)16-21-20-13-5-6-15(22-23(13)16)25-8-14(24)19-10-3-4-12(18)11(17)7-10/h3-7,9H,8H2,1-2H3,(H,19,24). The Labute approximate surface area is 152 Å². The minimum atomic E-state index is -0.526. The molecule has 0 bridgehead atoms. The second kappa shape index (κ2) is 7.37. The SMILES string of the molecule is CC(C)c1nnc2ccc(SCC(=O)Nc3ccc(F)c(Cl)c3)nn12. The van der Waals surface area contributed by atoms with Crippen LogP contribution in [-0.4, -0.2) is 31.5 Å². The third-order valence-corrected chi connectivity index (χ3v) is 4.54. The van der Waals surface area contributed by atoms with Crippen molar-refractivity contribution in [2.45, 2.75) is 24.8 Å². The lowest BCUT2D eigenvalue weighted by Crippen LogP contribution is -2.14. The molecule has 3 aromatic rings. The average Bonchev–Trinajstić information content (AvgIpc) is 3.00. The largest absolute Gasteiger partial charge is 0.325 e. The van der Waals surface area contributed by atoms with E-state index in [0.717, 1.165) is 5.82 Å². The summed E-state index contributed by atoms with van der Waals surface area (Å²) in [6, 6.07) is 7.64. The summed E-state index contributed by atoms with van der Waals surface area (Å²) in [6.07, 6.45) is 0. The van der Waals surface area contributed by atoms with Gasteiger partial charge in [-0.05, 0) is 30.3 Å². The van der Waals surface area contributed by atoms with Gasteiger partial charge >= 0.3 is 0 Å². The van der Waals surface area contributed by atoms with Crippen LogP contribution in [0.3, 0.4) is 0 Å². The lowest BCUT2D eigenvalue weighted by Gasteiger charge is -2.06. The quantitative estimate of drug-likeness (QED) is 0.683. The summed E-state index contributed by atoms with van der Waals surface area (Å²) >= 11 is 6.99. The van der Waals surface area contributed by atoms with Crippen molar-refractivity contribution in [2.24, 2.45) is 0 Å². The zero-order valence-corrected chi connectivity index (χ0v) is 15.1. The summed E-state index contributed by atoms with van der Waals surface area (Å²) in [5, 5.41) is 16.0. The number of rotatable bonds is 5. The fraction of sp³-hybridized carbons (Fsp3) is 0.250. The first kappa shape index (κ1) is 17.6. The second-order valence-electron chi connectivity index (χ2n) is 5.62. The minimum absolute atomic E-state index is 0.0357. The van der Waals surface area contributed by atoms with E-state index in [9.17, 15) is 9.18 Å². The van der Waals surface area contributed by atoms with Gasteiger partial charge in [0.2, 0.25) is 5.91 Å². The summed E-state index contributed by atoms with van der Waals surface area (Å²) in [7, 11) is 0. The van der Waals surface area contributed by atoms with Crippen molar-refractivity contribution in [1.82, 2.24) is 19.8 Å². The van der Waals surface area contributed by atoms with Crippen LogP contribution in [0.25, 0.3) is 5.65 Å². The number of carbonyl (C=O) groups is 1. The van der Waals surface area contributed by atoms with Crippen molar-refractivity contribution >= 4 is 40.6 Å². The molecule has 0 spiro atoms. The van der Waals surface area contributed by atoms with Crippen molar-refractivity contribution in [1.29, 1.82) is 0 Å². The van der Waals surface area contributed by atoms with Crippen molar-refractivity contribution in [2.75, 3.05) is 11.1 Å². The molecule has 0 aliphatic rings. The van der Waals surface area contributed by atoms with Crippen molar-refractivity contribution in [3.8, 4) is 0 Å². The molecular weight excluding hydrogens is 365 g/mol. The van der Waals surface area contributed by atoms with Gasteiger partial charge in [-0.3, -0.25) is 4.79 Å². The van der Waals surface area contributed by atoms with E-state index in [2.05, 4.69) is 20.6 Å². The van der Waals surface area contributed by atoms with Gasteiger partial charge in [-0.25, -0.2) is 4.39 Å². The Morgan fingerprint density at radius 3 is 2.84 bits per heavy atom. The first-order valence-corrected chi connectivity index (χ1v) is 8.90. The lowest BCUT2D eigenvalue weighted by molar-refractivity contribution is -0.113. The van der Waals surface area contributed by atoms with Crippen LogP contribution in [0.5, 0.6) is 0 Å². The minimum Gasteiger partial charge on any atom is -0.325 e. The molecule has 9 heteroatoms. The zero-order valence-electron chi connectivity index (χ0n) is 13.5. The van der Waals surface area contributed by atoms with E-state index in [1.165, 1.54) is 30.0 Å². The fourth-order valence-corrected chi connectivity index (χ4v) is 2.97. The molecule has 2 aromatic heterocycles. The molecule has 0 saturated heterocycles. The van der Waals surface area contributed by atoms with Gasteiger partial charge in [0.05, 0.1) is 10.8 Å². The van der Waals surface area contributed by atoms with E-state index >= 15 is 0 Å². The van der Waals surface area contributed by atoms with Gasteiger partial charge in [-0.1, -0.05) is 37.2 Å². The predicted molar refractivity (Wildman–Crippen MR) is 95.6 cm³/mol. The predicted octanol–water partition coefficient (Wildman–Crippen LogP) is 3.77. The van der Waals surface area contributed by atoms with Gasteiger partial charge in [-0.2, -0.15) is 9.61 Å². The average molecular weight is 380 g/mol. The number of halogens is 2. The Morgan fingerprint density at radius 1 is 1.32 bits per heavy atom. The van der Waals surface area contributed by atoms with Gasteiger partial charge in [0.25, 0.3) is 0 Å². The zero-order chi connectivity index (χ0) is 18.0. The molecule has 2 heterocycles. The van der Waals surface area contributed by atoms with Crippen molar-refractivity contribution < 1.29 is 9.18 Å². The summed E-state index contributed by atoms with van der Waals surface area (Å²) in [5.41, 5.74) is 1.11. The summed E-state index contributed by atoms with van der Waals surface area (Å²) in [4.78, 5) is 12.0.